The first kappa shape index (κ1) is 11.8. The van der Waals surface area contributed by atoms with E-state index >= 15 is 0 Å². The topological polar surface area (TPSA) is 44.5 Å². The summed E-state index contributed by atoms with van der Waals surface area (Å²) in [6, 6.07) is 5.89. The van der Waals surface area contributed by atoms with E-state index in [0.717, 1.165) is 16.9 Å². The summed E-state index contributed by atoms with van der Waals surface area (Å²) in [4.78, 5) is 0. The molecule has 1 aromatic rings. The lowest BCUT2D eigenvalue weighted by Gasteiger charge is -2.10. The van der Waals surface area contributed by atoms with Crippen LogP contribution in [0.15, 0.2) is 24.3 Å². The van der Waals surface area contributed by atoms with E-state index in [1.165, 1.54) is 0 Å². The number of benzene rings is 1. The van der Waals surface area contributed by atoms with Gasteiger partial charge in [-0.05, 0) is 11.6 Å². The van der Waals surface area contributed by atoms with Gasteiger partial charge in [0.05, 0.1) is 13.7 Å². The van der Waals surface area contributed by atoms with Crippen molar-refractivity contribution in [3.63, 3.8) is 0 Å². The van der Waals surface area contributed by atoms with E-state index < -0.39 is 0 Å². The van der Waals surface area contributed by atoms with E-state index in [1.807, 2.05) is 30.4 Å². The van der Waals surface area contributed by atoms with Crippen LogP contribution in [0, 0.1) is 0 Å². The molecule has 0 radical (unpaired) electrons. The lowest BCUT2D eigenvalue weighted by Crippen LogP contribution is -1.98. The highest BCUT2D eigenvalue weighted by Crippen LogP contribution is 2.23. The van der Waals surface area contributed by atoms with Crippen molar-refractivity contribution in [2.45, 2.75) is 6.61 Å². The first-order chi connectivity index (χ1) is 7.33. The number of hydrogen-bond acceptors (Lipinski definition) is 3. The maximum Gasteiger partial charge on any atom is 0.124 e. The summed E-state index contributed by atoms with van der Waals surface area (Å²) in [6.45, 7) is 1.07. The lowest BCUT2D eigenvalue weighted by atomic mass is 10.1. The standard InChI is InChI=1S/C12H17NO2/c1-14-9-11-10(6-4-8-13)5-3-7-12(11)15-2/h3-7H,8-9,13H2,1-2H3/b6-4+. The predicted octanol–water partition coefficient (Wildman–Crippen LogP) is 1.81. The van der Waals surface area contributed by atoms with Gasteiger partial charge in [0, 0.05) is 19.2 Å². The zero-order valence-corrected chi connectivity index (χ0v) is 9.19. The van der Waals surface area contributed by atoms with Crippen molar-refractivity contribution in [2.24, 2.45) is 5.73 Å². The summed E-state index contributed by atoms with van der Waals surface area (Å²) in [5, 5.41) is 0. The summed E-state index contributed by atoms with van der Waals surface area (Å²) in [6.07, 6.45) is 3.89. The molecule has 0 unspecified atom stereocenters. The van der Waals surface area contributed by atoms with Gasteiger partial charge in [-0.2, -0.15) is 0 Å². The highest BCUT2D eigenvalue weighted by molar-refractivity contribution is 5.58. The predicted molar refractivity (Wildman–Crippen MR) is 61.8 cm³/mol. The van der Waals surface area contributed by atoms with Crippen LogP contribution >= 0.6 is 0 Å². The van der Waals surface area contributed by atoms with E-state index in [4.69, 9.17) is 15.2 Å². The molecule has 0 saturated carbocycles. The normalized spacial score (nSPS) is 10.9. The molecule has 0 bridgehead atoms. The number of ether oxygens (including phenoxy) is 2. The summed E-state index contributed by atoms with van der Waals surface area (Å²) in [5.41, 5.74) is 7.55. The zero-order valence-electron chi connectivity index (χ0n) is 9.19. The molecule has 0 amide bonds. The molecule has 1 aromatic carbocycles. The minimum absolute atomic E-state index is 0.531. The van der Waals surface area contributed by atoms with Crippen LogP contribution in [0.5, 0.6) is 5.75 Å². The Morgan fingerprint density at radius 3 is 2.73 bits per heavy atom. The number of methoxy groups -OCH3 is 2. The molecular weight excluding hydrogens is 190 g/mol. The highest BCUT2D eigenvalue weighted by Gasteiger charge is 2.05. The van der Waals surface area contributed by atoms with Gasteiger partial charge >= 0.3 is 0 Å². The van der Waals surface area contributed by atoms with E-state index in [-0.39, 0.29) is 0 Å². The molecule has 0 atom stereocenters. The van der Waals surface area contributed by atoms with Crippen LogP contribution in [0.4, 0.5) is 0 Å². The second-order valence-corrected chi connectivity index (χ2v) is 3.10. The molecule has 15 heavy (non-hydrogen) atoms. The third-order valence-electron chi connectivity index (χ3n) is 2.11. The molecule has 1 rings (SSSR count). The number of hydrogen-bond donors (Lipinski definition) is 1. The van der Waals surface area contributed by atoms with Crippen molar-refractivity contribution in [1.82, 2.24) is 0 Å². The second-order valence-electron chi connectivity index (χ2n) is 3.10. The Hall–Kier alpha value is -1.32. The maximum atomic E-state index is 5.42. The molecule has 3 nitrogen and oxygen atoms in total. The quantitative estimate of drug-likeness (QED) is 0.801. The minimum atomic E-state index is 0.531. The number of nitrogens with two attached hydrogens (primary N) is 1. The van der Waals surface area contributed by atoms with Gasteiger partial charge in [-0.3, -0.25) is 0 Å². The Morgan fingerprint density at radius 1 is 1.33 bits per heavy atom. The molecule has 0 fully saturated rings. The van der Waals surface area contributed by atoms with Gasteiger partial charge in [-0.1, -0.05) is 24.3 Å². The minimum Gasteiger partial charge on any atom is -0.496 e. The Labute approximate surface area is 90.5 Å². The van der Waals surface area contributed by atoms with Gasteiger partial charge in [0.1, 0.15) is 5.75 Å². The Morgan fingerprint density at radius 2 is 2.13 bits per heavy atom. The van der Waals surface area contributed by atoms with Gasteiger partial charge in [0.25, 0.3) is 0 Å². The van der Waals surface area contributed by atoms with Crippen LogP contribution in [0.2, 0.25) is 0 Å². The van der Waals surface area contributed by atoms with Crippen molar-refractivity contribution in [2.75, 3.05) is 20.8 Å². The molecule has 3 heteroatoms. The molecule has 0 aliphatic rings. The fourth-order valence-corrected chi connectivity index (χ4v) is 1.42. The highest BCUT2D eigenvalue weighted by atomic mass is 16.5. The van der Waals surface area contributed by atoms with Crippen molar-refractivity contribution in [3.8, 4) is 5.75 Å². The SMILES string of the molecule is COCc1c(/C=C/CN)cccc1OC. The lowest BCUT2D eigenvalue weighted by molar-refractivity contribution is 0.181. The zero-order chi connectivity index (χ0) is 11.1. The van der Waals surface area contributed by atoms with Gasteiger partial charge in [0.15, 0.2) is 0 Å². The second kappa shape index (κ2) is 6.22. The smallest absolute Gasteiger partial charge is 0.124 e. The van der Waals surface area contributed by atoms with Crippen molar-refractivity contribution >= 4 is 6.08 Å². The van der Waals surface area contributed by atoms with Crippen LogP contribution in [0.25, 0.3) is 6.08 Å². The Balaban J connectivity index is 3.06. The largest absolute Gasteiger partial charge is 0.496 e. The third kappa shape index (κ3) is 3.08. The average molecular weight is 207 g/mol. The monoisotopic (exact) mass is 207 g/mol. The fourth-order valence-electron chi connectivity index (χ4n) is 1.42. The molecule has 0 aliphatic heterocycles. The molecule has 0 heterocycles. The van der Waals surface area contributed by atoms with Crippen molar-refractivity contribution in [1.29, 1.82) is 0 Å². The molecule has 82 valence electrons. The fraction of sp³-hybridized carbons (Fsp3) is 0.333. The molecule has 0 aliphatic carbocycles. The van der Waals surface area contributed by atoms with Crippen molar-refractivity contribution in [3.05, 3.63) is 35.4 Å². The van der Waals surface area contributed by atoms with Crippen molar-refractivity contribution < 1.29 is 9.47 Å². The Bertz CT molecular complexity index is 334. The summed E-state index contributed by atoms with van der Waals surface area (Å²) >= 11 is 0. The maximum absolute atomic E-state index is 5.42. The molecule has 0 saturated heterocycles. The van der Waals surface area contributed by atoms with E-state index in [9.17, 15) is 0 Å². The van der Waals surface area contributed by atoms with Gasteiger partial charge in [-0.15, -0.1) is 0 Å². The number of rotatable bonds is 5. The van der Waals surface area contributed by atoms with Gasteiger partial charge < -0.3 is 15.2 Å². The third-order valence-corrected chi connectivity index (χ3v) is 2.11. The molecule has 2 N–H and O–H groups in total. The Kier molecular flexibility index (Phi) is 4.87. The average Bonchev–Trinajstić information content (AvgIpc) is 2.28. The van der Waals surface area contributed by atoms with E-state index in [2.05, 4.69) is 0 Å². The van der Waals surface area contributed by atoms with Crippen LogP contribution in [-0.4, -0.2) is 20.8 Å². The van der Waals surface area contributed by atoms with Gasteiger partial charge in [0.2, 0.25) is 0 Å². The van der Waals surface area contributed by atoms with Crippen LogP contribution < -0.4 is 10.5 Å². The van der Waals surface area contributed by atoms with Crippen LogP contribution in [-0.2, 0) is 11.3 Å². The first-order valence-electron chi connectivity index (χ1n) is 4.85. The summed E-state index contributed by atoms with van der Waals surface area (Å²) in [5.74, 6) is 0.844. The van der Waals surface area contributed by atoms with Gasteiger partial charge in [-0.25, -0.2) is 0 Å². The van der Waals surface area contributed by atoms with Crippen LogP contribution in [0.3, 0.4) is 0 Å². The molecule has 0 spiro atoms. The molecular formula is C12H17NO2. The molecule has 0 aromatic heterocycles. The first-order valence-corrected chi connectivity index (χ1v) is 4.85. The van der Waals surface area contributed by atoms with E-state index in [0.29, 0.717) is 13.2 Å². The van der Waals surface area contributed by atoms with E-state index in [1.54, 1.807) is 14.2 Å². The van der Waals surface area contributed by atoms with Crippen LogP contribution in [0.1, 0.15) is 11.1 Å². The summed E-state index contributed by atoms with van der Waals surface area (Å²) < 4.78 is 10.4. The summed E-state index contributed by atoms with van der Waals surface area (Å²) in [7, 11) is 3.33.